The van der Waals surface area contributed by atoms with Crippen LogP contribution >= 0.6 is 11.6 Å². The number of aliphatic hydroxyl groups excluding tert-OH is 1. The van der Waals surface area contributed by atoms with E-state index in [9.17, 15) is 0 Å². The topological polar surface area (TPSA) is 67.9 Å². The maximum absolute atomic E-state index is 8.92. The first kappa shape index (κ1) is 14.9. The molecule has 3 rings (SSSR count). The second-order valence-electron chi connectivity index (χ2n) is 5.24. The molecule has 22 heavy (non-hydrogen) atoms. The normalized spacial score (nSPS) is 12.7. The first-order valence-corrected chi connectivity index (χ1v) is 7.48. The van der Waals surface area contributed by atoms with E-state index in [1.54, 1.807) is 10.9 Å². The molecule has 0 fully saturated rings. The van der Waals surface area contributed by atoms with Crippen molar-refractivity contribution in [2.75, 3.05) is 11.9 Å². The standard InChI is InChI=1S/C15H18ClN5O/c1-10(18-12-8-17-21(9-12)5-6-22)15-19-13-7-11(16)3-4-14(13)20(15)2/h3-4,7-10,18,22H,5-6H2,1-2H3. The number of aromatic nitrogens is 4. The van der Waals surface area contributed by atoms with Crippen molar-refractivity contribution in [1.82, 2.24) is 19.3 Å². The minimum Gasteiger partial charge on any atom is -0.394 e. The van der Waals surface area contributed by atoms with Crippen molar-refractivity contribution in [3.8, 4) is 0 Å². The molecule has 0 amide bonds. The number of benzene rings is 1. The minimum absolute atomic E-state index is 0.0166. The molecular weight excluding hydrogens is 302 g/mol. The van der Waals surface area contributed by atoms with Gasteiger partial charge in [0.2, 0.25) is 0 Å². The Morgan fingerprint density at radius 2 is 2.23 bits per heavy atom. The molecule has 2 heterocycles. The maximum Gasteiger partial charge on any atom is 0.131 e. The Morgan fingerprint density at radius 1 is 1.41 bits per heavy atom. The Labute approximate surface area is 133 Å². The zero-order chi connectivity index (χ0) is 15.7. The summed E-state index contributed by atoms with van der Waals surface area (Å²) in [7, 11) is 1.99. The molecule has 0 saturated carbocycles. The molecular formula is C15H18ClN5O. The largest absolute Gasteiger partial charge is 0.394 e. The van der Waals surface area contributed by atoms with Gasteiger partial charge in [0.25, 0.3) is 0 Å². The van der Waals surface area contributed by atoms with Crippen LogP contribution in [0.2, 0.25) is 5.02 Å². The summed E-state index contributed by atoms with van der Waals surface area (Å²) in [6.45, 7) is 2.61. The fourth-order valence-electron chi connectivity index (χ4n) is 2.56. The molecule has 6 nitrogen and oxygen atoms in total. The van der Waals surface area contributed by atoms with Crippen LogP contribution in [0.4, 0.5) is 5.69 Å². The molecule has 116 valence electrons. The number of halogens is 1. The Kier molecular flexibility index (Phi) is 4.04. The van der Waals surface area contributed by atoms with E-state index in [2.05, 4.69) is 20.0 Å². The van der Waals surface area contributed by atoms with E-state index < -0.39 is 0 Å². The van der Waals surface area contributed by atoms with Crippen molar-refractivity contribution < 1.29 is 5.11 Å². The van der Waals surface area contributed by atoms with Crippen LogP contribution in [0.3, 0.4) is 0 Å². The van der Waals surface area contributed by atoms with Crippen LogP contribution < -0.4 is 5.32 Å². The number of imidazole rings is 1. The lowest BCUT2D eigenvalue weighted by molar-refractivity contribution is 0.269. The highest BCUT2D eigenvalue weighted by Gasteiger charge is 2.15. The quantitative estimate of drug-likeness (QED) is 0.758. The van der Waals surface area contributed by atoms with E-state index >= 15 is 0 Å². The van der Waals surface area contributed by atoms with Gasteiger partial charge in [-0.2, -0.15) is 5.10 Å². The lowest BCUT2D eigenvalue weighted by Gasteiger charge is -2.13. The van der Waals surface area contributed by atoms with Gasteiger partial charge < -0.3 is 15.0 Å². The molecule has 0 spiro atoms. The Balaban J connectivity index is 1.84. The summed E-state index contributed by atoms with van der Waals surface area (Å²) in [5, 5.41) is 17.2. The summed E-state index contributed by atoms with van der Waals surface area (Å²) in [6, 6.07) is 5.72. The highest BCUT2D eigenvalue weighted by Crippen LogP contribution is 2.24. The van der Waals surface area contributed by atoms with E-state index in [4.69, 9.17) is 16.7 Å². The van der Waals surface area contributed by atoms with Crippen molar-refractivity contribution in [2.24, 2.45) is 7.05 Å². The van der Waals surface area contributed by atoms with Crippen LogP contribution in [0.15, 0.2) is 30.6 Å². The average Bonchev–Trinajstić information content (AvgIpc) is 3.04. The number of rotatable bonds is 5. The molecule has 0 radical (unpaired) electrons. The Hall–Kier alpha value is -2.05. The average molecular weight is 320 g/mol. The summed E-state index contributed by atoms with van der Waals surface area (Å²) in [6.07, 6.45) is 3.61. The van der Waals surface area contributed by atoms with Gasteiger partial charge in [-0.05, 0) is 25.1 Å². The number of hydrogen-bond acceptors (Lipinski definition) is 4. The van der Waals surface area contributed by atoms with Crippen LogP contribution in [-0.4, -0.2) is 31.0 Å². The first-order chi connectivity index (χ1) is 10.6. The highest BCUT2D eigenvalue weighted by atomic mass is 35.5. The fourth-order valence-corrected chi connectivity index (χ4v) is 2.72. The van der Waals surface area contributed by atoms with E-state index in [-0.39, 0.29) is 12.6 Å². The fraction of sp³-hybridized carbons (Fsp3) is 0.333. The smallest absolute Gasteiger partial charge is 0.131 e. The summed E-state index contributed by atoms with van der Waals surface area (Å²) in [5.74, 6) is 0.923. The van der Waals surface area contributed by atoms with Gasteiger partial charge in [0.1, 0.15) is 5.82 Å². The van der Waals surface area contributed by atoms with Crippen molar-refractivity contribution in [3.63, 3.8) is 0 Å². The number of aliphatic hydroxyl groups is 1. The summed E-state index contributed by atoms with van der Waals surface area (Å²) < 4.78 is 3.76. The predicted octanol–water partition coefficient (Wildman–Crippen LogP) is 2.59. The van der Waals surface area contributed by atoms with E-state index in [0.29, 0.717) is 11.6 Å². The lowest BCUT2D eigenvalue weighted by Crippen LogP contribution is -2.11. The molecule has 0 aliphatic rings. The number of nitrogens with one attached hydrogen (secondary N) is 1. The molecule has 7 heteroatoms. The van der Waals surface area contributed by atoms with Crippen molar-refractivity contribution >= 4 is 28.3 Å². The molecule has 2 N–H and O–H groups in total. The molecule has 3 aromatic rings. The van der Waals surface area contributed by atoms with Gasteiger partial charge in [-0.25, -0.2) is 4.98 Å². The SMILES string of the molecule is CC(Nc1cnn(CCO)c1)c1nc2cc(Cl)ccc2n1C. The van der Waals surface area contributed by atoms with Crippen LogP contribution in [0, 0.1) is 0 Å². The molecule has 0 bridgehead atoms. The third-order valence-electron chi connectivity index (χ3n) is 3.61. The monoisotopic (exact) mass is 319 g/mol. The highest BCUT2D eigenvalue weighted by molar-refractivity contribution is 6.31. The molecule has 1 atom stereocenters. The van der Waals surface area contributed by atoms with Gasteiger partial charge in [0, 0.05) is 18.3 Å². The second-order valence-corrected chi connectivity index (χ2v) is 5.68. The number of aryl methyl sites for hydroxylation is 1. The van der Waals surface area contributed by atoms with Crippen LogP contribution in [0.1, 0.15) is 18.8 Å². The predicted molar refractivity (Wildman–Crippen MR) is 87.1 cm³/mol. The third kappa shape index (κ3) is 2.80. The first-order valence-electron chi connectivity index (χ1n) is 7.10. The van der Waals surface area contributed by atoms with Crippen LogP contribution in [-0.2, 0) is 13.6 Å². The van der Waals surface area contributed by atoms with Crippen molar-refractivity contribution in [3.05, 3.63) is 41.4 Å². The zero-order valence-electron chi connectivity index (χ0n) is 12.5. The molecule has 0 aliphatic carbocycles. The number of anilines is 1. The summed E-state index contributed by atoms with van der Waals surface area (Å²) in [4.78, 5) is 4.66. The van der Waals surface area contributed by atoms with E-state index in [1.165, 1.54) is 0 Å². The molecule has 2 aromatic heterocycles. The Bertz CT molecular complexity index is 794. The van der Waals surface area contributed by atoms with Gasteiger partial charge in [-0.3, -0.25) is 4.68 Å². The van der Waals surface area contributed by atoms with Gasteiger partial charge in [0.05, 0.1) is 42.1 Å². The maximum atomic E-state index is 8.92. The lowest BCUT2D eigenvalue weighted by atomic mass is 10.3. The minimum atomic E-state index is 0.0166. The van der Waals surface area contributed by atoms with Crippen LogP contribution in [0.5, 0.6) is 0 Å². The van der Waals surface area contributed by atoms with E-state index in [1.807, 2.05) is 38.4 Å². The van der Waals surface area contributed by atoms with Gasteiger partial charge >= 0.3 is 0 Å². The van der Waals surface area contributed by atoms with Crippen LogP contribution in [0.25, 0.3) is 11.0 Å². The van der Waals surface area contributed by atoms with Crippen molar-refractivity contribution in [2.45, 2.75) is 19.5 Å². The van der Waals surface area contributed by atoms with Gasteiger partial charge in [0.15, 0.2) is 0 Å². The molecule has 1 unspecified atom stereocenters. The molecule has 0 aliphatic heterocycles. The number of fused-ring (bicyclic) bond motifs is 1. The van der Waals surface area contributed by atoms with Crippen molar-refractivity contribution in [1.29, 1.82) is 0 Å². The number of hydrogen-bond donors (Lipinski definition) is 2. The third-order valence-corrected chi connectivity index (χ3v) is 3.85. The van der Waals surface area contributed by atoms with Gasteiger partial charge in [-0.1, -0.05) is 11.6 Å². The Morgan fingerprint density at radius 3 is 3.00 bits per heavy atom. The summed E-state index contributed by atoms with van der Waals surface area (Å²) in [5.41, 5.74) is 2.82. The molecule has 1 aromatic carbocycles. The van der Waals surface area contributed by atoms with E-state index in [0.717, 1.165) is 22.5 Å². The zero-order valence-corrected chi connectivity index (χ0v) is 13.2. The summed E-state index contributed by atoms with van der Waals surface area (Å²) >= 11 is 6.03. The number of nitrogens with zero attached hydrogens (tertiary/aromatic N) is 4. The van der Waals surface area contributed by atoms with Gasteiger partial charge in [-0.15, -0.1) is 0 Å². The second kappa shape index (κ2) is 5.98. The molecule has 0 saturated heterocycles.